The second kappa shape index (κ2) is 5.48. The molecule has 1 saturated heterocycles. The second-order valence-corrected chi connectivity index (χ2v) is 7.73. The van der Waals surface area contributed by atoms with Crippen LogP contribution in [-0.4, -0.2) is 38.6 Å². The number of carbonyl (C=O) groups excluding carboxylic acids is 2. The van der Waals surface area contributed by atoms with Gasteiger partial charge < -0.3 is 9.69 Å². The molecule has 6 nitrogen and oxygen atoms in total. The van der Waals surface area contributed by atoms with Crippen molar-refractivity contribution in [2.45, 2.75) is 17.7 Å². The third-order valence-electron chi connectivity index (χ3n) is 4.70. The summed E-state index contributed by atoms with van der Waals surface area (Å²) in [7, 11) is -3.74. The minimum Gasteiger partial charge on any atom is -0.338 e. The smallest absolute Gasteiger partial charge is 0.253 e. The zero-order chi connectivity index (χ0) is 15.9. The first-order valence-corrected chi connectivity index (χ1v) is 8.80. The molecule has 2 N–H and O–H groups in total. The fourth-order valence-corrected chi connectivity index (χ4v) is 4.11. The molecule has 1 aliphatic carbocycles. The van der Waals surface area contributed by atoms with E-state index in [0.717, 1.165) is 19.1 Å². The molecule has 1 heterocycles. The van der Waals surface area contributed by atoms with E-state index in [1.165, 1.54) is 24.3 Å². The molecule has 22 heavy (non-hydrogen) atoms. The normalized spacial score (nSPS) is 27.7. The Balaban J connectivity index is 1.70. The number of hydrogen-bond donors (Lipinski definition) is 1. The van der Waals surface area contributed by atoms with Gasteiger partial charge in [0.25, 0.3) is 5.91 Å². The van der Waals surface area contributed by atoms with Crippen LogP contribution in [0.3, 0.4) is 0 Å². The number of benzene rings is 1. The van der Waals surface area contributed by atoms with Crippen LogP contribution < -0.4 is 5.14 Å². The van der Waals surface area contributed by atoms with E-state index < -0.39 is 10.0 Å². The number of nitrogens with zero attached hydrogens (tertiary/aromatic N) is 1. The van der Waals surface area contributed by atoms with Crippen molar-refractivity contribution in [1.29, 1.82) is 0 Å². The number of fused-ring (bicyclic) bond motifs is 1. The largest absolute Gasteiger partial charge is 0.338 e. The molecule has 7 heteroatoms. The van der Waals surface area contributed by atoms with Gasteiger partial charge >= 0.3 is 0 Å². The van der Waals surface area contributed by atoms with Crippen LogP contribution in [0.5, 0.6) is 0 Å². The standard InChI is InChI=1S/C15H18N2O4S/c16-22(20,21)14-3-1-11(2-4-14)15(19)17-7-12-5-10(9-18)6-13(12)8-17/h1-4,9-10,12-13H,5-8H2,(H2,16,20,21)/t10?,12-,13?/m1/s1. The Labute approximate surface area is 129 Å². The predicted molar refractivity (Wildman–Crippen MR) is 79.5 cm³/mol. The molecule has 118 valence electrons. The van der Waals surface area contributed by atoms with Gasteiger partial charge in [0.1, 0.15) is 6.29 Å². The quantitative estimate of drug-likeness (QED) is 0.825. The van der Waals surface area contributed by atoms with E-state index in [1.807, 2.05) is 0 Å². The monoisotopic (exact) mass is 322 g/mol. The summed E-state index contributed by atoms with van der Waals surface area (Å²) >= 11 is 0. The van der Waals surface area contributed by atoms with Gasteiger partial charge in [-0.1, -0.05) is 0 Å². The Morgan fingerprint density at radius 1 is 1.14 bits per heavy atom. The maximum atomic E-state index is 12.5. The van der Waals surface area contributed by atoms with Crippen LogP contribution >= 0.6 is 0 Å². The number of hydrogen-bond acceptors (Lipinski definition) is 4. The SMILES string of the molecule is NS(=O)(=O)c1ccc(C(=O)N2CC3CC(C=O)C[C@@H]3C2)cc1. The topological polar surface area (TPSA) is 97.5 Å². The molecular weight excluding hydrogens is 304 g/mol. The lowest BCUT2D eigenvalue weighted by Gasteiger charge is -2.18. The molecule has 1 aromatic rings. The van der Waals surface area contributed by atoms with Crippen LogP contribution in [0.4, 0.5) is 0 Å². The lowest BCUT2D eigenvalue weighted by molar-refractivity contribution is -0.111. The van der Waals surface area contributed by atoms with E-state index in [0.29, 0.717) is 30.5 Å². The van der Waals surface area contributed by atoms with E-state index in [4.69, 9.17) is 5.14 Å². The summed E-state index contributed by atoms with van der Waals surface area (Å²) in [6, 6.07) is 5.68. The average molecular weight is 322 g/mol. The molecule has 1 aromatic carbocycles. The summed E-state index contributed by atoms with van der Waals surface area (Å²) in [6.45, 7) is 1.34. The third kappa shape index (κ3) is 2.78. The number of nitrogens with two attached hydrogens (primary N) is 1. The molecule has 3 atom stereocenters. The van der Waals surface area contributed by atoms with E-state index >= 15 is 0 Å². The van der Waals surface area contributed by atoms with Crippen LogP contribution in [0.15, 0.2) is 29.2 Å². The number of carbonyl (C=O) groups is 2. The van der Waals surface area contributed by atoms with Crippen LogP contribution in [0, 0.1) is 17.8 Å². The molecule has 2 unspecified atom stereocenters. The zero-order valence-corrected chi connectivity index (χ0v) is 12.8. The van der Waals surface area contributed by atoms with Gasteiger partial charge in [0, 0.05) is 24.6 Å². The fraction of sp³-hybridized carbons (Fsp3) is 0.467. The highest BCUT2D eigenvalue weighted by Gasteiger charge is 2.42. The summed E-state index contributed by atoms with van der Waals surface area (Å²) in [5, 5.41) is 5.04. The Morgan fingerprint density at radius 3 is 2.14 bits per heavy atom. The first kappa shape index (κ1) is 15.2. The Bertz CT molecular complexity index is 685. The number of primary sulfonamides is 1. The summed E-state index contributed by atoms with van der Waals surface area (Å²) in [6.07, 6.45) is 2.75. The molecule has 0 bridgehead atoms. The maximum Gasteiger partial charge on any atom is 0.253 e. The highest BCUT2D eigenvalue weighted by molar-refractivity contribution is 7.89. The number of aldehydes is 1. The molecule has 0 radical (unpaired) electrons. The third-order valence-corrected chi connectivity index (χ3v) is 5.63. The lowest BCUT2D eigenvalue weighted by Crippen LogP contribution is -2.30. The molecule has 1 aliphatic heterocycles. The van der Waals surface area contributed by atoms with Gasteiger partial charge in [-0.15, -0.1) is 0 Å². The Kier molecular flexibility index (Phi) is 3.78. The fourth-order valence-electron chi connectivity index (χ4n) is 3.59. The predicted octanol–water partition coefficient (Wildman–Crippen LogP) is 0.631. The maximum absolute atomic E-state index is 12.5. The van der Waals surface area contributed by atoms with Gasteiger partial charge in [0.15, 0.2) is 0 Å². The molecular formula is C15H18N2O4S. The van der Waals surface area contributed by atoms with E-state index in [-0.39, 0.29) is 16.7 Å². The zero-order valence-electron chi connectivity index (χ0n) is 12.0. The number of amides is 1. The van der Waals surface area contributed by atoms with Gasteiger partial charge in [-0.05, 0) is 48.9 Å². The minimum absolute atomic E-state index is 0.00355. The number of rotatable bonds is 3. The lowest BCUT2D eigenvalue weighted by atomic mass is 10.0. The molecule has 2 fully saturated rings. The van der Waals surface area contributed by atoms with E-state index in [2.05, 4.69) is 0 Å². The van der Waals surface area contributed by atoms with Gasteiger partial charge in [0.2, 0.25) is 10.0 Å². The van der Waals surface area contributed by atoms with Crippen molar-refractivity contribution in [3.8, 4) is 0 Å². The summed E-state index contributed by atoms with van der Waals surface area (Å²) in [5.41, 5.74) is 0.458. The van der Waals surface area contributed by atoms with Gasteiger partial charge in [0.05, 0.1) is 4.90 Å². The first-order valence-electron chi connectivity index (χ1n) is 7.26. The molecule has 1 amide bonds. The van der Waals surface area contributed by atoms with Crippen LogP contribution in [0.2, 0.25) is 0 Å². The molecule has 3 rings (SSSR count). The Hall–Kier alpha value is -1.73. The van der Waals surface area contributed by atoms with Crippen LogP contribution in [-0.2, 0) is 14.8 Å². The summed E-state index contributed by atoms with van der Waals surface area (Å²) in [5.74, 6) is 0.852. The van der Waals surface area contributed by atoms with Crippen LogP contribution in [0.25, 0.3) is 0 Å². The van der Waals surface area contributed by atoms with Crippen molar-refractivity contribution in [1.82, 2.24) is 4.90 Å². The number of sulfonamides is 1. The van der Waals surface area contributed by atoms with E-state index in [1.54, 1.807) is 4.90 Å². The summed E-state index contributed by atoms with van der Waals surface area (Å²) in [4.78, 5) is 25.1. The van der Waals surface area contributed by atoms with Crippen molar-refractivity contribution in [2.75, 3.05) is 13.1 Å². The first-order chi connectivity index (χ1) is 10.4. The molecule has 2 aliphatic rings. The van der Waals surface area contributed by atoms with Gasteiger partial charge in [-0.25, -0.2) is 13.6 Å². The molecule has 0 spiro atoms. The van der Waals surface area contributed by atoms with Crippen molar-refractivity contribution in [3.05, 3.63) is 29.8 Å². The van der Waals surface area contributed by atoms with Crippen molar-refractivity contribution >= 4 is 22.2 Å². The van der Waals surface area contributed by atoms with E-state index in [9.17, 15) is 18.0 Å². The van der Waals surface area contributed by atoms with Gasteiger partial charge in [-0.2, -0.15) is 0 Å². The van der Waals surface area contributed by atoms with Crippen LogP contribution in [0.1, 0.15) is 23.2 Å². The van der Waals surface area contributed by atoms with Crippen molar-refractivity contribution in [2.24, 2.45) is 22.9 Å². The van der Waals surface area contributed by atoms with Crippen molar-refractivity contribution < 1.29 is 18.0 Å². The molecule has 1 saturated carbocycles. The number of likely N-dealkylation sites (tertiary alicyclic amines) is 1. The second-order valence-electron chi connectivity index (χ2n) is 6.17. The Morgan fingerprint density at radius 2 is 1.68 bits per heavy atom. The molecule has 0 aromatic heterocycles. The highest BCUT2D eigenvalue weighted by atomic mass is 32.2. The van der Waals surface area contributed by atoms with Gasteiger partial charge in [-0.3, -0.25) is 4.79 Å². The summed E-state index contributed by atoms with van der Waals surface area (Å²) < 4.78 is 22.4. The average Bonchev–Trinajstić information content (AvgIpc) is 3.03. The van der Waals surface area contributed by atoms with Crippen molar-refractivity contribution in [3.63, 3.8) is 0 Å². The highest BCUT2D eigenvalue weighted by Crippen LogP contribution is 2.41. The minimum atomic E-state index is -3.74.